The van der Waals surface area contributed by atoms with Gasteiger partial charge >= 0.3 is 6.03 Å². The summed E-state index contributed by atoms with van der Waals surface area (Å²) in [4.78, 5) is 24.7. The third-order valence-corrected chi connectivity index (χ3v) is 2.73. The summed E-state index contributed by atoms with van der Waals surface area (Å²) in [5, 5.41) is 7.80. The number of nitrogens with one attached hydrogen (secondary N) is 3. The highest BCUT2D eigenvalue weighted by Crippen LogP contribution is 2.06. The highest BCUT2D eigenvalue weighted by molar-refractivity contribution is 5.96. The van der Waals surface area contributed by atoms with Gasteiger partial charge in [0.15, 0.2) is 0 Å². The molecule has 0 aliphatic carbocycles. The van der Waals surface area contributed by atoms with E-state index in [1.807, 2.05) is 0 Å². The SMILES string of the molecule is CNC(=O)NC(=O)C(C)NC1CCN(C)C1. The van der Waals surface area contributed by atoms with Gasteiger partial charge in [-0.05, 0) is 26.9 Å². The van der Waals surface area contributed by atoms with Crippen molar-refractivity contribution in [3.8, 4) is 0 Å². The fourth-order valence-corrected chi connectivity index (χ4v) is 1.78. The first-order valence-corrected chi connectivity index (χ1v) is 5.50. The van der Waals surface area contributed by atoms with Crippen molar-refractivity contribution in [1.29, 1.82) is 0 Å². The van der Waals surface area contributed by atoms with Gasteiger partial charge in [-0.2, -0.15) is 0 Å². The number of likely N-dealkylation sites (N-methyl/N-ethyl adjacent to an activating group) is 1. The largest absolute Gasteiger partial charge is 0.341 e. The van der Waals surface area contributed by atoms with Gasteiger partial charge in [0.25, 0.3) is 0 Å². The molecule has 0 bridgehead atoms. The van der Waals surface area contributed by atoms with Gasteiger partial charge in [-0.3, -0.25) is 10.1 Å². The third kappa shape index (κ3) is 3.79. The maximum absolute atomic E-state index is 11.5. The first-order valence-electron chi connectivity index (χ1n) is 5.50. The van der Waals surface area contributed by atoms with Crippen molar-refractivity contribution in [2.24, 2.45) is 0 Å². The number of hydrogen-bond donors (Lipinski definition) is 3. The smallest absolute Gasteiger partial charge is 0.321 e. The van der Waals surface area contributed by atoms with Crippen LogP contribution in [0, 0.1) is 0 Å². The molecule has 0 saturated carbocycles. The van der Waals surface area contributed by atoms with Gasteiger partial charge in [-0.25, -0.2) is 4.79 Å². The number of amides is 3. The minimum atomic E-state index is -0.470. The molecule has 1 heterocycles. The van der Waals surface area contributed by atoms with E-state index >= 15 is 0 Å². The number of hydrogen-bond acceptors (Lipinski definition) is 4. The minimum Gasteiger partial charge on any atom is -0.341 e. The zero-order chi connectivity index (χ0) is 12.1. The number of rotatable bonds is 3. The molecular weight excluding hydrogens is 208 g/mol. The van der Waals surface area contributed by atoms with Crippen LogP contribution in [0.25, 0.3) is 0 Å². The molecule has 92 valence electrons. The molecule has 0 aromatic heterocycles. The molecule has 6 heteroatoms. The van der Waals surface area contributed by atoms with E-state index in [-0.39, 0.29) is 11.9 Å². The van der Waals surface area contributed by atoms with E-state index in [1.54, 1.807) is 6.92 Å². The molecule has 1 aliphatic heterocycles. The Balaban J connectivity index is 2.31. The van der Waals surface area contributed by atoms with Crippen molar-refractivity contribution in [3.63, 3.8) is 0 Å². The van der Waals surface area contributed by atoms with E-state index in [0.717, 1.165) is 19.5 Å². The summed E-state index contributed by atoms with van der Waals surface area (Å²) >= 11 is 0. The fourth-order valence-electron chi connectivity index (χ4n) is 1.78. The van der Waals surface area contributed by atoms with E-state index in [2.05, 4.69) is 27.9 Å². The molecule has 2 atom stereocenters. The molecule has 1 fully saturated rings. The number of likely N-dealkylation sites (tertiary alicyclic amines) is 1. The van der Waals surface area contributed by atoms with Crippen molar-refractivity contribution in [2.75, 3.05) is 27.2 Å². The maximum atomic E-state index is 11.5. The lowest BCUT2D eigenvalue weighted by Crippen LogP contribution is -2.50. The van der Waals surface area contributed by atoms with Crippen molar-refractivity contribution in [2.45, 2.75) is 25.4 Å². The third-order valence-electron chi connectivity index (χ3n) is 2.73. The predicted molar refractivity (Wildman–Crippen MR) is 61.1 cm³/mol. The van der Waals surface area contributed by atoms with Crippen LogP contribution in [0.5, 0.6) is 0 Å². The summed E-state index contributed by atoms with van der Waals surface area (Å²) < 4.78 is 0. The highest BCUT2D eigenvalue weighted by atomic mass is 16.2. The summed E-state index contributed by atoms with van der Waals surface area (Å²) in [7, 11) is 3.53. The second-order valence-corrected chi connectivity index (χ2v) is 4.20. The van der Waals surface area contributed by atoms with Gasteiger partial charge in [-0.1, -0.05) is 0 Å². The van der Waals surface area contributed by atoms with E-state index in [0.29, 0.717) is 6.04 Å². The van der Waals surface area contributed by atoms with Crippen LogP contribution >= 0.6 is 0 Å². The van der Waals surface area contributed by atoms with E-state index in [1.165, 1.54) is 7.05 Å². The molecule has 0 spiro atoms. The Labute approximate surface area is 95.8 Å². The summed E-state index contributed by atoms with van der Waals surface area (Å²) in [6.07, 6.45) is 1.04. The van der Waals surface area contributed by atoms with Gasteiger partial charge in [0.05, 0.1) is 6.04 Å². The topological polar surface area (TPSA) is 73.5 Å². The van der Waals surface area contributed by atoms with Crippen LogP contribution in [0.15, 0.2) is 0 Å². The lowest BCUT2D eigenvalue weighted by atomic mass is 10.2. The minimum absolute atomic E-state index is 0.297. The van der Waals surface area contributed by atoms with Crippen LogP contribution in [-0.4, -0.2) is 56.1 Å². The maximum Gasteiger partial charge on any atom is 0.321 e. The van der Waals surface area contributed by atoms with E-state index in [9.17, 15) is 9.59 Å². The zero-order valence-corrected chi connectivity index (χ0v) is 10.0. The van der Waals surface area contributed by atoms with Crippen LogP contribution < -0.4 is 16.0 Å². The number of imide groups is 1. The quantitative estimate of drug-likeness (QED) is 0.587. The summed E-state index contributed by atoms with van der Waals surface area (Å²) in [5.74, 6) is -0.297. The monoisotopic (exact) mass is 228 g/mol. The molecule has 0 radical (unpaired) electrons. The molecule has 16 heavy (non-hydrogen) atoms. The van der Waals surface area contributed by atoms with Crippen molar-refractivity contribution in [3.05, 3.63) is 0 Å². The van der Waals surface area contributed by atoms with Gasteiger partial charge in [0.1, 0.15) is 0 Å². The van der Waals surface area contributed by atoms with Crippen LogP contribution in [0.2, 0.25) is 0 Å². The molecule has 0 aromatic carbocycles. The highest BCUT2D eigenvalue weighted by Gasteiger charge is 2.23. The van der Waals surface area contributed by atoms with Gasteiger partial charge < -0.3 is 15.5 Å². The Morgan fingerprint density at radius 1 is 1.44 bits per heavy atom. The Bertz CT molecular complexity index is 270. The zero-order valence-electron chi connectivity index (χ0n) is 10.0. The van der Waals surface area contributed by atoms with Gasteiger partial charge in [0, 0.05) is 19.6 Å². The lowest BCUT2D eigenvalue weighted by Gasteiger charge is -2.18. The number of carbonyl (C=O) groups excluding carboxylic acids is 2. The van der Waals surface area contributed by atoms with Crippen molar-refractivity contribution >= 4 is 11.9 Å². The predicted octanol–water partition coefficient (Wildman–Crippen LogP) is -0.876. The molecule has 3 amide bonds. The van der Waals surface area contributed by atoms with Gasteiger partial charge in [-0.15, -0.1) is 0 Å². The lowest BCUT2D eigenvalue weighted by molar-refractivity contribution is -0.121. The van der Waals surface area contributed by atoms with Crippen LogP contribution in [0.4, 0.5) is 4.79 Å². The van der Waals surface area contributed by atoms with Crippen molar-refractivity contribution in [1.82, 2.24) is 20.9 Å². The number of carbonyl (C=O) groups is 2. The second-order valence-electron chi connectivity index (χ2n) is 4.20. The second kappa shape index (κ2) is 5.81. The van der Waals surface area contributed by atoms with Crippen LogP contribution in [0.1, 0.15) is 13.3 Å². The molecule has 3 N–H and O–H groups in total. The average Bonchev–Trinajstić information content (AvgIpc) is 2.63. The van der Waals surface area contributed by atoms with Crippen LogP contribution in [-0.2, 0) is 4.79 Å². The molecule has 1 rings (SSSR count). The molecule has 1 aliphatic rings. The Morgan fingerprint density at radius 2 is 2.12 bits per heavy atom. The summed E-state index contributed by atoms with van der Waals surface area (Å²) in [6.45, 7) is 3.75. The first-order chi connectivity index (χ1) is 7.52. The molecule has 2 unspecified atom stereocenters. The van der Waals surface area contributed by atoms with Gasteiger partial charge in [0.2, 0.25) is 5.91 Å². The standard InChI is InChI=1S/C10H20N4O2/c1-7(9(15)13-10(16)11-2)12-8-4-5-14(3)6-8/h7-8,12H,4-6H2,1-3H3,(H2,11,13,15,16). The summed E-state index contributed by atoms with van der Waals surface area (Å²) in [5.41, 5.74) is 0. The average molecular weight is 228 g/mol. The Morgan fingerprint density at radius 3 is 2.62 bits per heavy atom. The Kier molecular flexibility index (Phi) is 4.70. The number of nitrogens with zero attached hydrogens (tertiary/aromatic N) is 1. The normalized spacial score (nSPS) is 22.8. The number of urea groups is 1. The summed E-state index contributed by atoms with van der Waals surface area (Å²) in [6, 6.07) is -0.494. The molecular formula is C10H20N4O2. The Hall–Kier alpha value is -1.14. The van der Waals surface area contributed by atoms with Crippen LogP contribution in [0.3, 0.4) is 0 Å². The van der Waals surface area contributed by atoms with E-state index < -0.39 is 6.03 Å². The first kappa shape index (κ1) is 12.9. The molecule has 1 saturated heterocycles. The molecule has 6 nitrogen and oxygen atoms in total. The van der Waals surface area contributed by atoms with Crippen molar-refractivity contribution < 1.29 is 9.59 Å². The molecule has 0 aromatic rings. The fraction of sp³-hybridized carbons (Fsp3) is 0.800. The van der Waals surface area contributed by atoms with E-state index in [4.69, 9.17) is 0 Å².